The van der Waals surface area contributed by atoms with Gasteiger partial charge >= 0.3 is 7.12 Å². The molecule has 0 bridgehead atoms. The van der Waals surface area contributed by atoms with Crippen LogP contribution in [-0.4, -0.2) is 23.1 Å². The maximum Gasteiger partial charge on any atom is 0.525 e. The lowest BCUT2D eigenvalue weighted by Crippen LogP contribution is -2.41. The van der Waals surface area contributed by atoms with E-state index in [1.165, 1.54) is 6.42 Å². The van der Waals surface area contributed by atoms with Crippen molar-refractivity contribution in [3.8, 4) is 0 Å². The molecule has 5 heteroatoms. The first-order chi connectivity index (χ1) is 9.23. The van der Waals surface area contributed by atoms with Crippen LogP contribution >= 0.6 is 15.9 Å². The molecule has 3 atom stereocenters. The quantitative estimate of drug-likeness (QED) is 0.517. The molecule has 0 radical (unpaired) electrons. The first kappa shape index (κ1) is 15.0. The predicted molar refractivity (Wildman–Crippen MR) is 82.4 cm³/mol. The van der Waals surface area contributed by atoms with Crippen LogP contribution in [-0.2, 0) is 9.31 Å². The largest absolute Gasteiger partial charge is 0.525 e. The Morgan fingerprint density at radius 3 is 2.25 bits per heavy atom. The monoisotopic (exact) mass is 344 g/mol. The number of alkyl halides is 1. The Kier molecular flexibility index (Phi) is 3.63. The van der Waals surface area contributed by atoms with Crippen LogP contribution in [0.25, 0.3) is 0 Å². The molecule has 3 rings (SSSR count). The van der Waals surface area contributed by atoms with E-state index in [4.69, 9.17) is 9.31 Å². The highest BCUT2D eigenvalue weighted by atomic mass is 79.9. The van der Waals surface area contributed by atoms with E-state index < -0.39 is 18.3 Å². The molecule has 0 aromatic rings. The molecule has 0 N–H and O–H groups in total. The zero-order chi connectivity index (χ0) is 14.7. The molecular formula is C15H23BBrFO2. The summed E-state index contributed by atoms with van der Waals surface area (Å²) in [6.45, 7) is 7.86. The number of hydrogen-bond donors (Lipinski definition) is 0. The molecule has 0 aromatic heterocycles. The van der Waals surface area contributed by atoms with Crippen molar-refractivity contribution >= 4 is 23.0 Å². The van der Waals surface area contributed by atoms with Gasteiger partial charge in [0.15, 0.2) is 0 Å². The third-order valence-electron chi connectivity index (χ3n) is 5.70. The van der Waals surface area contributed by atoms with Gasteiger partial charge in [0.25, 0.3) is 0 Å². The van der Waals surface area contributed by atoms with Crippen LogP contribution in [0.1, 0.15) is 53.4 Å². The van der Waals surface area contributed by atoms with Crippen molar-refractivity contribution in [1.82, 2.24) is 0 Å². The summed E-state index contributed by atoms with van der Waals surface area (Å²) in [5.41, 5.74) is -0.143. The van der Waals surface area contributed by atoms with Gasteiger partial charge in [0, 0.05) is 4.83 Å². The average Bonchev–Trinajstić information content (AvgIpc) is 2.50. The highest BCUT2D eigenvalue weighted by molar-refractivity contribution is 9.09. The van der Waals surface area contributed by atoms with E-state index in [0.717, 1.165) is 24.8 Å². The number of hydrogen-bond acceptors (Lipinski definition) is 2. The van der Waals surface area contributed by atoms with Gasteiger partial charge < -0.3 is 9.31 Å². The fourth-order valence-corrected chi connectivity index (χ4v) is 4.34. The minimum atomic E-state index is -0.817. The normalized spacial score (nSPS) is 41.1. The maximum absolute atomic E-state index is 14.9. The minimum Gasteiger partial charge on any atom is -0.398 e. The predicted octanol–water partition coefficient (Wildman–Crippen LogP) is 4.42. The number of halogens is 2. The number of rotatable bonds is 1. The Labute approximate surface area is 129 Å². The van der Waals surface area contributed by atoms with Gasteiger partial charge in [-0.15, -0.1) is 0 Å². The van der Waals surface area contributed by atoms with Crippen LogP contribution in [0.3, 0.4) is 0 Å². The summed E-state index contributed by atoms with van der Waals surface area (Å²) in [7, 11) is -0.817. The molecular weight excluding hydrogens is 322 g/mol. The lowest BCUT2D eigenvalue weighted by molar-refractivity contribution is 0.00578. The Morgan fingerprint density at radius 2 is 1.75 bits per heavy atom. The summed E-state index contributed by atoms with van der Waals surface area (Å²) in [5, 5.41) is 0. The molecule has 2 saturated carbocycles. The van der Waals surface area contributed by atoms with Crippen LogP contribution in [0, 0.1) is 11.8 Å². The maximum atomic E-state index is 14.9. The molecule has 0 aromatic carbocycles. The second kappa shape index (κ2) is 4.82. The number of allylic oxidation sites excluding steroid dienone is 1. The number of fused-ring (bicyclic) bond motifs is 1. The first-order valence-electron chi connectivity index (χ1n) is 7.61. The third-order valence-corrected chi connectivity index (χ3v) is 6.83. The standard InChI is InChI=1S/C15H23BBrFO2/c1-14(2)15(3,4)20-16(19-14)13(18)11-7-8-12(17)10-6-5-9(10)11/h9-10,12H,5-8H2,1-4H3. The lowest BCUT2D eigenvalue weighted by atomic mass is 9.61. The Hall–Kier alpha value is 0.135. The highest BCUT2D eigenvalue weighted by Crippen LogP contribution is 2.52. The summed E-state index contributed by atoms with van der Waals surface area (Å²) in [6, 6.07) is 0. The van der Waals surface area contributed by atoms with E-state index in [-0.39, 0.29) is 5.73 Å². The van der Waals surface area contributed by atoms with Crippen LogP contribution in [0.4, 0.5) is 4.39 Å². The fourth-order valence-electron chi connectivity index (χ4n) is 3.48. The van der Waals surface area contributed by atoms with Crippen LogP contribution in [0.2, 0.25) is 0 Å². The molecule has 1 saturated heterocycles. The Bertz CT molecular complexity index is 433. The van der Waals surface area contributed by atoms with Crippen molar-refractivity contribution in [2.45, 2.75) is 69.4 Å². The highest BCUT2D eigenvalue weighted by Gasteiger charge is 2.54. The molecule has 3 fully saturated rings. The molecule has 112 valence electrons. The summed E-state index contributed by atoms with van der Waals surface area (Å²) in [4.78, 5) is 0.552. The molecule has 0 spiro atoms. The van der Waals surface area contributed by atoms with Crippen molar-refractivity contribution in [3.05, 3.63) is 11.3 Å². The summed E-state index contributed by atoms with van der Waals surface area (Å²) >= 11 is 3.73. The zero-order valence-corrected chi connectivity index (χ0v) is 14.3. The lowest BCUT2D eigenvalue weighted by Gasteiger charge is -2.45. The molecule has 20 heavy (non-hydrogen) atoms. The van der Waals surface area contributed by atoms with E-state index in [1.807, 2.05) is 27.7 Å². The van der Waals surface area contributed by atoms with E-state index in [1.54, 1.807) is 0 Å². The molecule has 2 aliphatic carbocycles. The van der Waals surface area contributed by atoms with Gasteiger partial charge in [0.1, 0.15) is 5.73 Å². The SMILES string of the molecule is CC1(C)OB(C(F)=C2CCC(Br)C3CCC23)OC1(C)C. The van der Waals surface area contributed by atoms with Gasteiger partial charge in [0.05, 0.1) is 11.2 Å². The Balaban J connectivity index is 1.83. The second-order valence-corrected chi connectivity index (χ2v) is 8.54. The van der Waals surface area contributed by atoms with Crippen LogP contribution in [0.15, 0.2) is 11.3 Å². The van der Waals surface area contributed by atoms with Crippen molar-refractivity contribution in [3.63, 3.8) is 0 Å². The smallest absolute Gasteiger partial charge is 0.398 e. The van der Waals surface area contributed by atoms with Gasteiger partial charge in [0.2, 0.25) is 0 Å². The van der Waals surface area contributed by atoms with Crippen molar-refractivity contribution in [2.24, 2.45) is 11.8 Å². The topological polar surface area (TPSA) is 18.5 Å². The zero-order valence-electron chi connectivity index (χ0n) is 12.7. The molecule has 1 heterocycles. The molecule has 2 nitrogen and oxygen atoms in total. The van der Waals surface area contributed by atoms with Gasteiger partial charge in [-0.1, -0.05) is 15.9 Å². The molecule has 3 aliphatic rings. The van der Waals surface area contributed by atoms with Crippen LogP contribution < -0.4 is 0 Å². The van der Waals surface area contributed by atoms with Gasteiger partial charge in [-0.05, 0) is 70.8 Å². The summed E-state index contributed by atoms with van der Waals surface area (Å²) < 4.78 is 26.6. The molecule has 3 unspecified atom stereocenters. The van der Waals surface area contributed by atoms with E-state index in [9.17, 15) is 4.39 Å². The average molecular weight is 345 g/mol. The van der Waals surface area contributed by atoms with Crippen molar-refractivity contribution in [2.75, 3.05) is 0 Å². The minimum absolute atomic E-state index is 0.155. The van der Waals surface area contributed by atoms with Gasteiger partial charge in [-0.2, -0.15) is 0 Å². The van der Waals surface area contributed by atoms with E-state index in [0.29, 0.717) is 16.7 Å². The first-order valence-corrected chi connectivity index (χ1v) is 8.52. The van der Waals surface area contributed by atoms with E-state index in [2.05, 4.69) is 15.9 Å². The molecule has 1 aliphatic heterocycles. The van der Waals surface area contributed by atoms with Gasteiger partial charge in [-0.25, -0.2) is 4.39 Å². The summed E-state index contributed by atoms with van der Waals surface area (Å²) in [5.74, 6) is 0.999. The second-order valence-electron chi connectivity index (χ2n) is 7.36. The van der Waals surface area contributed by atoms with E-state index >= 15 is 0 Å². The van der Waals surface area contributed by atoms with Crippen molar-refractivity contribution < 1.29 is 13.7 Å². The summed E-state index contributed by atoms with van der Waals surface area (Å²) in [6.07, 6.45) is 4.16. The van der Waals surface area contributed by atoms with Gasteiger partial charge in [-0.3, -0.25) is 0 Å². The molecule has 0 amide bonds. The fraction of sp³-hybridized carbons (Fsp3) is 0.867. The van der Waals surface area contributed by atoms with Crippen molar-refractivity contribution in [1.29, 1.82) is 0 Å². The van der Waals surface area contributed by atoms with Crippen LogP contribution in [0.5, 0.6) is 0 Å². The Morgan fingerprint density at radius 1 is 1.15 bits per heavy atom. The third kappa shape index (κ3) is 2.21.